The van der Waals surface area contributed by atoms with Crippen LogP contribution >= 0.6 is 0 Å². The average Bonchev–Trinajstić information content (AvgIpc) is 3.44. The van der Waals surface area contributed by atoms with Gasteiger partial charge in [0.25, 0.3) is 5.91 Å². The van der Waals surface area contributed by atoms with Crippen molar-refractivity contribution in [3.8, 4) is 11.4 Å². The minimum atomic E-state index is -0.363. The molecule has 0 spiro atoms. The van der Waals surface area contributed by atoms with E-state index in [1.165, 1.54) is 0 Å². The van der Waals surface area contributed by atoms with Gasteiger partial charge in [-0.25, -0.2) is 4.98 Å². The van der Waals surface area contributed by atoms with Crippen molar-refractivity contribution in [2.45, 2.75) is 0 Å². The van der Waals surface area contributed by atoms with Gasteiger partial charge in [0.2, 0.25) is 5.82 Å². The largest absolute Gasteiger partial charge is 0.464 e. The molecule has 9 heteroatoms. The highest BCUT2D eigenvalue weighted by Crippen LogP contribution is 2.26. The highest BCUT2D eigenvalue weighted by Gasteiger charge is 2.18. The molecule has 0 radical (unpaired) electrons. The predicted molar refractivity (Wildman–Crippen MR) is 109 cm³/mol. The Morgan fingerprint density at radius 2 is 2.07 bits per heavy atom. The summed E-state index contributed by atoms with van der Waals surface area (Å²) >= 11 is 0. The SMILES string of the molecule is O=C(Nc1cnccc1N1CCNCC1)c1nc(-c2ccc3occc3c2)n[nH]1. The van der Waals surface area contributed by atoms with Gasteiger partial charge in [-0.15, -0.1) is 0 Å². The average molecular weight is 389 g/mol. The van der Waals surface area contributed by atoms with Crippen molar-refractivity contribution < 1.29 is 9.21 Å². The second-order valence-corrected chi connectivity index (χ2v) is 6.76. The fraction of sp³-hybridized carbons (Fsp3) is 0.200. The van der Waals surface area contributed by atoms with E-state index in [2.05, 4.69) is 35.7 Å². The van der Waals surface area contributed by atoms with Crippen LogP contribution in [0.5, 0.6) is 0 Å². The van der Waals surface area contributed by atoms with Gasteiger partial charge < -0.3 is 20.0 Å². The molecule has 3 aromatic heterocycles. The zero-order valence-electron chi connectivity index (χ0n) is 15.6. The number of piperazine rings is 1. The van der Waals surface area contributed by atoms with Crippen molar-refractivity contribution in [3.05, 3.63) is 54.8 Å². The number of nitrogens with zero attached hydrogens (tertiary/aromatic N) is 4. The molecule has 0 atom stereocenters. The number of rotatable bonds is 4. The Morgan fingerprint density at radius 1 is 1.17 bits per heavy atom. The van der Waals surface area contributed by atoms with Gasteiger partial charge in [-0.2, -0.15) is 5.10 Å². The lowest BCUT2D eigenvalue weighted by Gasteiger charge is -2.30. The van der Waals surface area contributed by atoms with Crippen LogP contribution in [0.2, 0.25) is 0 Å². The van der Waals surface area contributed by atoms with Gasteiger partial charge in [-0.1, -0.05) is 0 Å². The summed E-state index contributed by atoms with van der Waals surface area (Å²) in [5.74, 6) is 0.228. The summed E-state index contributed by atoms with van der Waals surface area (Å²) in [6, 6.07) is 9.43. The molecule has 1 aliphatic rings. The summed E-state index contributed by atoms with van der Waals surface area (Å²) in [7, 11) is 0. The number of aromatic nitrogens is 4. The zero-order chi connectivity index (χ0) is 19.6. The number of fused-ring (bicyclic) bond motifs is 1. The van der Waals surface area contributed by atoms with Crippen molar-refractivity contribution in [3.63, 3.8) is 0 Å². The second kappa shape index (κ2) is 7.36. The van der Waals surface area contributed by atoms with Crippen LogP contribution in [0.25, 0.3) is 22.4 Å². The lowest BCUT2D eigenvalue weighted by Crippen LogP contribution is -2.43. The molecule has 1 aliphatic heterocycles. The third-order valence-electron chi connectivity index (χ3n) is 4.92. The second-order valence-electron chi connectivity index (χ2n) is 6.76. The third kappa shape index (κ3) is 3.43. The molecule has 9 nitrogen and oxygen atoms in total. The molecular weight excluding hydrogens is 370 g/mol. The van der Waals surface area contributed by atoms with Gasteiger partial charge in [0.15, 0.2) is 5.82 Å². The van der Waals surface area contributed by atoms with Crippen molar-refractivity contribution in [1.82, 2.24) is 25.5 Å². The molecule has 0 aliphatic carbocycles. The van der Waals surface area contributed by atoms with Crippen molar-refractivity contribution in [2.75, 3.05) is 36.4 Å². The molecule has 0 bridgehead atoms. The van der Waals surface area contributed by atoms with Crippen LogP contribution in [0.3, 0.4) is 0 Å². The number of benzene rings is 1. The lowest BCUT2D eigenvalue weighted by atomic mass is 10.1. The van der Waals surface area contributed by atoms with Gasteiger partial charge in [0.05, 0.1) is 23.8 Å². The molecule has 0 saturated carbocycles. The zero-order valence-corrected chi connectivity index (χ0v) is 15.6. The third-order valence-corrected chi connectivity index (χ3v) is 4.92. The van der Waals surface area contributed by atoms with E-state index >= 15 is 0 Å². The molecule has 0 unspecified atom stereocenters. The normalized spacial score (nSPS) is 14.3. The van der Waals surface area contributed by atoms with E-state index in [0.29, 0.717) is 11.5 Å². The first-order chi connectivity index (χ1) is 14.3. The van der Waals surface area contributed by atoms with Crippen LogP contribution in [-0.4, -0.2) is 52.3 Å². The molecule has 3 N–H and O–H groups in total. The quantitative estimate of drug-likeness (QED) is 0.491. The Kier molecular flexibility index (Phi) is 4.41. The topological polar surface area (TPSA) is 112 Å². The summed E-state index contributed by atoms with van der Waals surface area (Å²) in [6.45, 7) is 3.55. The first kappa shape index (κ1) is 17.4. The smallest absolute Gasteiger partial charge is 0.293 e. The number of carbonyl (C=O) groups is 1. The number of nitrogens with one attached hydrogen (secondary N) is 3. The summed E-state index contributed by atoms with van der Waals surface area (Å²) in [5.41, 5.74) is 3.19. The number of hydrogen-bond donors (Lipinski definition) is 3. The number of carbonyl (C=O) groups excluding carboxylic acids is 1. The number of amides is 1. The van der Waals surface area contributed by atoms with E-state index in [1.807, 2.05) is 30.3 Å². The minimum Gasteiger partial charge on any atom is -0.464 e. The van der Waals surface area contributed by atoms with E-state index in [4.69, 9.17) is 4.42 Å². The van der Waals surface area contributed by atoms with E-state index < -0.39 is 0 Å². The van der Waals surface area contributed by atoms with Gasteiger partial charge in [-0.3, -0.25) is 14.9 Å². The Labute approximate surface area is 166 Å². The van der Waals surface area contributed by atoms with Gasteiger partial charge in [0.1, 0.15) is 5.58 Å². The van der Waals surface area contributed by atoms with Gasteiger partial charge in [-0.05, 0) is 30.3 Å². The number of pyridine rings is 1. The number of hydrogen-bond acceptors (Lipinski definition) is 7. The molecule has 1 saturated heterocycles. The fourth-order valence-electron chi connectivity index (χ4n) is 3.44. The number of aromatic amines is 1. The van der Waals surface area contributed by atoms with E-state index in [-0.39, 0.29) is 11.7 Å². The standard InChI is InChI=1S/C20H19N7O2/c28-20(23-15-12-22-5-3-16(15)27-8-6-21-7-9-27)19-24-18(25-26-19)14-1-2-17-13(11-14)4-10-29-17/h1-5,10-12,21H,6-9H2,(H,23,28)(H,24,25,26). The van der Waals surface area contributed by atoms with E-state index in [1.54, 1.807) is 18.7 Å². The molecule has 1 amide bonds. The van der Waals surface area contributed by atoms with Crippen molar-refractivity contribution in [2.24, 2.45) is 0 Å². The first-order valence-corrected chi connectivity index (χ1v) is 9.39. The van der Waals surface area contributed by atoms with E-state index in [0.717, 1.165) is 48.4 Å². The summed E-state index contributed by atoms with van der Waals surface area (Å²) in [4.78, 5) is 23.5. The van der Waals surface area contributed by atoms with Gasteiger partial charge in [0, 0.05) is 43.3 Å². The lowest BCUT2D eigenvalue weighted by molar-refractivity contribution is 0.101. The Balaban J connectivity index is 1.37. The van der Waals surface area contributed by atoms with Crippen molar-refractivity contribution >= 4 is 28.3 Å². The van der Waals surface area contributed by atoms with Crippen LogP contribution in [-0.2, 0) is 0 Å². The van der Waals surface area contributed by atoms with Crippen LogP contribution in [0.1, 0.15) is 10.6 Å². The Bertz CT molecular complexity index is 1160. The molecule has 4 heterocycles. The Hall–Kier alpha value is -3.72. The molecule has 146 valence electrons. The van der Waals surface area contributed by atoms with Crippen LogP contribution in [0.15, 0.2) is 53.4 Å². The van der Waals surface area contributed by atoms with Crippen molar-refractivity contribution in [1.29, 1.82) is 0 Å². The summed E-state index contributed by atoms with van der Waals surface area (Å²) in [6.07, 6.45) is 5.01. The number of anilines is 2. The monoisotopic (exact) mass is 389 g/mol. The maximum absolute atomic E-state index is 12.7. The molecule has 1 fully saturated rings. The van der Waals surface area contributed by atoms with Crippen LogP contribution in [0.4, 0.5) is 11.4 Å². The predicted octanol–water partition coefficient (Wildman–Crippen LogP) is 2.27. The van der Waals surface area contributed by atoms with Gasteiger partial charge >= 0.3 is 0 Å². The number of H-pyrrole nitrogens is 1. The molecule has 29 heavy (non-hydrogen) atoms. The maximum Gasteiger partial charge on any atom is 0.293 e. The summed E-state index contributed by atoms with van der Waals surface area (Å²) in [5, 5.41) is 14.1. The molecular formula is C20H19N7O2. The first-order valence-electron chi connectivity index (χ1n) is 9.39. The molecule has 1 aromatic carbocycles. The molecule has 5 rings (SSSR count). The maximum atomic E-state index is 12.7. The highest BCUT2D eigenvalue weighted by atomic mass is 16.3. The summed E-state index contributed by atoms with van der Waals surface area (Å²) < 4.78 is 5.35. The molecule has 4 aromatic rings. The van der Waals surface area contributed by atoms with E-state index in [9.17, 15) is 4.79 Å². The fourth-order valence-corrected chi connectivity index (χ4v) is 3.44. The highest BCUT2D eigenvalue weighted by molar-refractivity contribution is 6.03. The van der Waals surface area contributed by atoms with Crippen LogP contribution in [0, 0.1) is 0 Å². The minimum absolute atomic E-state index is 0.141. The Morgan fingerprint density at radius 3 is 2.97 bits per heavy atom. The number of furan rings is 1. The van der Waals surface area contributed by atoms with Crippen LogP contribution < -0.4 is 15.5 Å².